The Morgan fingerprint density at radius 3 is 2.68 bits per heavy atom. The van der Waals surface area contributed by atoms with Crippen LogP contribution in [0.4, 0.5) is 21.7 Å². The van der Waals surface area contributed by atoms with Crippen molar-refractivity contribution in [2.24, 2.45) is 0 Å². The molecule has 0 bridgehead atoms. The number of fused-ring (bicyclic) bond motifs is 1. The molecule has 3 heterocycles. The van der Waals surface area contributed by atoms with Gasteiger partial charge in [0.2, 0.25) is 0 Å². The standard InChI is InChI=1S/C23H21FN6O/c1-15-27-19-7-3-2-6-17(19)23(31)30(15)16-8-9-18(24)20(12-16)28-21-13-22(26-14-25-21)29-10-4-5-11-29/h2-3,6-9,12-14H,4-5,10-11H2,1H3,(H,25,26,28). The second-order valence-corrected chi connectivity index (χ2v) is 7.56. The van der Waals surface area contributed by atoms with E-state index in [4.69, 9.17) is 0 Å². The Labute approximate surface area is 178 Å². The summed E-state index contributed by atoms with van der Waals surface area (Å²) in [5, 5.41) is 3.55. The molecule has 7 nitrogen and oxygen atoms in total. The van der Waals surface area contributed by atoms with E-state index in [9.17, 15) is 9.18 Å². The molecule has 2 aromatic carbocycles. The van der Waals surface area contributed by atoms with Crippen molar-refractivity contribution in [2.45, 2.75) is 19.8 Å². The van der Waals surface area contributed by atoms with E-state index in [-0.39, 0.29) is 11.2 Å². The molecular formula is C23H21FN6O. The van der Waals surface area contributed by atoms with Gasteiger partial charge in [0.05, 0.1) is 22.3 Å². The third-order valence-electron chi connectivity index (χ3n) is 5.50. The number of nitrogens with one attached hydrogen (secondary N) is 1. The first-order valence-electron chi connectivity index (χ1n) is 10.2. The highest BCUT2D eigenvalue weighted by Crippen LogP contribution is 2.25. The number of hydrogen-bond acceptors (Lipinski definition) is 6. The first-order valence-corrected chi connectivity index (χ1v) is 10.2. The van der Waals surface area contributed by atoms with Crippen molar-refractivity contribution in [1.29, 1.82) is 0 Å². The largest absolute Gasteiger partial charge is 0.356 e. The highest BCUT2D eigenvalue weighted by Gasteiger charge is 2.15. The molecule has 0 spiro atoms. The maximum atomic E-state index is 14.6. The van der Waals surface area contributed by atoms with Gasteiger partial charge in [-0.25, -0.2) is 19.3 Å². The number of halogens is 1. The summed E-state index contributed by atoms with van der Waals surface area (Å²) >= 11 is 0. The number of aromatic nitrogens is 4. The number of benzene rings is 2. The van der Waals surface area contributed by atoms with Crippen LogP contribution in [-0.2, 0) is 0 Å². The molecule has 0 aliphatic carbocycles. The second-order valence-electron chi connectivity index (χ2n) is 7.56. The van der Waals surface area contributed by atoms with Crippen LogP contribution < -0.4 is 15.8 Å². The van der Waals surface area contributed by atoms with Gasteiger partial charge in [-0.2, -0.15) is 0 Å². The van der Waals surface area contributed by atoms with Crippen LogP contribution in [0.5, 0.6) is 0 Å². The third kappa shape index (κ3) is 3.61. The summed E-state index contributed by atoms with van der Waals surface area (Å²) in [6.07, 6.45) is 3.74. The van der Waals surface area contributed by atoms with Gasteiger partial charge in [0.1, 0.15) is 29.6 Å². The molecule has 8 heteroatoms. The van der Waals surface area contributed by atoms with Gasteiger partial charge in [-0.05, 0) is 50.1 Å². The normalized spacial score (nSPS) is 13.7. The monoisotopic (exact) mass is 416 g/mol. The predicted octanol–water partition coefficient (Wildman–Crippen LogP) is 3.97. The molecule has 0 atom stereocenters. The maximum Gasteiger partial charge on any atom is 0.265 e. The van der Waals surface area contributed by atoms with Crippen LogP contribution in [0.2, 0.25) is 0 Å². The van der Waals surface area contributed by atoms with Crippen LogP contribution in [0.1, 0.15) is 18.7 Å². The lowest BCUT2D eigenvalue weighted by molar-refractivity contribution is 0.631. The minimum Gasteiger partial charge on any atom is -0.356 e. The molecule has 0 unspecified atom stereocenters. The van der Waals surface area contributed by atoms with Crippen molar-refractivity contribution < 1.29 is 4.39 Å². The lowest BCUT2D eigenvalue weighted by Gasteiger charge is -2.17. The smallest absolute Gasteiger partial charge is 0.265 e. The molecule has 1 saturated heterocycles. The summed E-state index contributed by atoms with van der Waals surface area (Å²) in [6, 6.07) is 13.5. The average Bonchev–Trinajstić information content (AvgIpc) is 3.31. The van der Waals surface area contributed by atoms with Gasteiger partial charge in [0.25, 0.3) is 5.56 Å². The quantitative estimate of drug-likeness (QED) is 0.543. The summed E-state index contributed by atoms with van der Waals surface area (Å²) < 4.78 is 16.1. The van der Waals surface area contributed by atoms with Gasteiger partial charge < -0.3 is 10.2 Å². The van der Waals surface area contributed by atoms with Gasteiger partial charge in [-0.15, -0.1) is 0 Å². The van der Waals surface area contributed by atoms with Crippen molar-refractivity contribution in [1.82, 2.24) is 19.5 Å². The Morgan fingerprint density at radius 1 is 1.03 bits per heavy atom. The molecule has 4 aromatic rings. The minimum absolute atomic E-state index is 0.195. The summed E-state index contributed by atoms with van der Waals surface area (Å²) in [5.74, 6) is 1.40. The lowest BCUT2D eigenvalue weighted by atomic mass is 10.2. The Balaban J connectivity index is 1.53. The van der Waals surface area contributed by atoms with Crippen LogP contribution >= 0.6 is 0 Å². The first-order chi connectivity index (χ1) is 15.1. The van der Waals surface area contributed by atoms with Crippen molar-refractivity contribution in [3.05, 3.63) is 76.9 Å². The van der Waals surface area contributed by atoms with E-state index < -0.39 is 5.82 Å². The maximum absolute atomic E-state index is 14.6. The topological polar surface area (TPSA) is 75.9 Å². The highest BCUT2D eigenvalue weighted by atomic mass is 19.1. The van der Waals surface area contributed by atoms with Crippen LogP contribution in [-0.4, -0.2) is 32.6 Å². The molecule has 0 radical (unpaired) electrons. The van der Waals surface area contributed by atoms with Crippen LogP contribution in [0.3, 0.4) is 0 Å². The molecule has 1 aliphatic rings. The number of aryl methyl sites for hydroxylation is 1. The van der Waals surface area contributed by atoms with Crippen LogP contribution in [0.25, 0.3) is 16.6 Å². The number of para-hydroxylation sites is 1. The van der Waals surface area contributed by atoms with Gasteiger partial charge in [0.15, 0.2) is 0 Å². The van der Waals surface area contributed by atoms with Crippen molar-refractivity contribution in [2.75, 3.05) is 23.3 Å². The fraction of sp³-hybridized carbons (Fsp3) is 0.217. The average molecular weight is 416 g/mol. The third-order valence-corrected chi connectivity index (χ3v) is 5.50. The van der Waals surface area contributed by atoms with Crippen LogP contribution in [0, 0.1) is 12.7 Å². The van der Waals surface area contributed by atoms with Crippen LogP contribution in [0.15, 0.2) is 59.7 Å². The molecule has 1 aliphatic heterocycles. The van der Waals surface area contributed by atoms with E-state index in [0.29, 0.717) is 28.2 Å². The molecule has 1 N–H and O–H groups in total. The number of anilines is 3. The van der Waals surface area contributed by atoms with Gasteiger partial charge >= 0.3 is 0 Å². The first kappa shape index (κ1) is 19.2. The molecule has 5 rings (SSSR count). The summed E-state index contributed by atoms with van der Waals surface area (Å²) in [4.78, 5) is 28.3. The second kappa shape index (κ2) is 7.79. The Bertz CT molecular complexity index is 1330. The molecule has 1 fully saturated rings. The Morgan fingerprint density at radius 2 is 1.84 bits per heavy atom. The number of nitrogens with zero attached hydrogens (tertiary/aromatic N) is 5. The fourth-order valence-electron chi connectivity index (χ4n) is 3.97. The lowest BCUT2D eigenvalue weighted by Crippen LogP contribution is -2.22. The van der Waals surface area contributed by atoms with Gasteiger partial charge in [0, 0.05) is 19.2 Å². The number of rotatable bonds is 4. The van der Waals surface area contributed by atoms with E-state index in [1.807, 2.05) is 12.1 Å². The van der Waals surface area contributed by atoms with E-state index in [0.717, 1.165) is 31.7 Å². The zero-order valence-electron chi connectivity index (χ0n) is 17.0. The zero-order valence-corrected chi connectivity index (χ0v) is 17.0. The van der Waals surface area contributed by atoms with Gasteiger partial charge in [-0.1, -0.05) is 12.1 Å². The SMILES string of the molecule is Cc1nc2ccccc2c(=O)n1-c1ccc(F)c(Nc2cc(N3CCCC3)ncn2)c1. The van der Waals surface area contributed by atoms with Crippen molar-refractivity contribution in [3.8, 4) is 5.69 Å². The van der Waals surface area contributed by atoms with Gasteiger partial charge in [-0.3, -0.25) is 9.36 Å². The highest BCUT2D eigenvalue weighted by molar-refractivity contribution is 5.78. The summed E-state index contributed by atoms with van der Waals surface area (Å²) in [6.45, 7) is 3.67. The fourth-order valence-corrected chi connectivity index (χ4v) is 3.97. The summed E-state index contributed by atoms with van der Waals surface area (Å²) in [5.41, 5.74) is 1.19. The van der Waals surface area contributed by atoms with E-state index in [1.165, 1.54) is 17.0 Å². The van der Waals surface area contributed by atoms with Crippen molar-refractivity contribution >= 4 is 28.2 Å². The van der Waals surface area contributed by atoms with Crippen molar-refractivity contribution in [3.63, 3.8) is 0 Å². The molecular weight excluding hydrogens is 395 g/mol. The zero-order chi connectivity index (χ0) is 21.4. The Hall–Kier alpha value is -3.81. The molecule has 156 valence electrons. The predicted molar refractivity (Wildman–Crippen MR) is 119 cm³/mol. The number of hydrogen-bond donors (Lipinski definition) is 1. The van der Waals surface area contributed by atoms with E-state index >= 15 is 0 Å². The van der Waals surface area contributed by atoms with E-state index in [1.54, 1.807) is 37.3 Å². The minimum atomic E-state index is -0.440. The molecule has 2 aromatic heterocycles. The molecule has 0 amide bonds. The summed E-state index contributed by atoms with van der Waals surface area (Å²) in [7, 11) is 0. The Kier molecular flexibility index (Phi) is 4.82. The molecule has 0 saturated carbocycles. The van der Waals surface area contributed by atoms with E-state index in [2.05, 4.69) is 25.2 Å². The molecule has 31 heavy (non-hydrogen) atoms.